The van der Waals surface area contributed by atoms with E-state index in [2.05, 4.69) is 22.1 Å². The molecule has 3 aromatic rings. The van der Waals surface area contributed by atoms with Crippen molar-refractivity contribution in [2.75, 3.05) is 11.5 Å². The van der Waals surface area contributed by atoms with Crippen LogP contribution in [0.4, 0.5) is 0 Å². The van der Waals surface area contributed by atoms with Crippen molar-refractivity contribution in [1.82, 2.24) is 19.2 Å². The molecule has 0 aliphatic carbocycles. The smallest absolute Gasteiger partial charge is 0.203 e. The van der Waals surface area contributed by atoms with E-state index in [9.17, 15) is 8.42 Å². The molecule has 1 aromatic heterocycles. The van der Waals surface area contributed by atoms with Crippen molar-refractivity contribution in [3.05, 3.63) is 77.3 Å². The van der Waals surface area contributed by atoms with Crippen LogP contribution in [0, 0.1) is 4.77 Å². The lowest BCUT2D eigenvalue weighted by molar-refractivity contribution is 0.146. The third-order valence-corrected chi connectivity index (χ3v) is 7.19. The number of nitrogens with zero attached hydrogens (tertiary/aromatic N) is 4. The number of rotatable bonds is 6. The molecule has 1 aliphatic rings. The first-order valence-corrected chi connectivity index (χ1v) is 11.4. The molecule has 1 saturated heterocycles. The van der Waals surface area contributed by atoms with Crippen LogP contribution in [0.2, 0.25) is 0 Å². The second kappa shape index (κ2) is 7.98. The van der Waals surface area contributed by atoms with Crippen molar-refractivity contribution in [2.45, 2.75) is 25.7 Å². The Hall–Kier alpha value is -2.29. The second-order valence-corrected chi connectivity index (χ2v) is 9.64. The van der Waals surface area contributed by atoms with E-state index in [1.807, 2.05) is 53.1 Å². The maximum Gasteiger partial charge on any atom is 0.203 e. The summed E-state index contributed by atoms with van der Waals surface area (Å²) in [4.78, 5) is 2.16. The largest absolute Gasteiger partial charge is 0.276 e. The van der Waals surface area contributed by atoms with Gasteiger partial charge in [-0.3, -0.25) is 9.47 Å². The Labute approximate surface area is 170 Å². The summed E-state index contributed by atoms with van der Waals surface area (Å²) in [5, 5.41) is 4.47. The van der Waals surface area contributed by atoms with E-state index in [1.165, 1.54) is 0 Å². The Morgan fingerprint density at radius 3 is 2.39 bits per heavy atom. The van der Waals surface area contributed by atoms with E-state index in [4.69, 9.17) is 12.2 Å². The van der Waals surface area contributed by atoms with Crippen LogP contribution in [0.15, 0.2) is 67.0 Å². The molecule has 1 fully saturated rings. The maximum atomic E-state index is 12.0. The molecule has 2 aromatic carbocycles. The van der Waals surface area contributed by atoms with Crippen LogP contribution < -0.4 is 0 Å². The van der Waals surface area contributed by atoms with Crippen molar-refractivity contribution in [2.24, 2.45) is 0 Å². The van der Waals surface area contributed by atoms with Crippen molar-refractivity contribution in [3.8, 4) is 5.69 Å². The summed E-state index contributed by atoms with van der Waals surface area (Å²) >= 11 is 5.63. The molecule has 0 radical (unpaired) electrons. The van der Waals surface area contributed by atoms with Gasteiger partial charge in [-0.1, -0.05) is 48.5 Å². The number of hydrogen-bond acceptors (Lipinski definition) is 5. The Morgan fingerprint density at radius 2 is 1.75 bits per heavy atom. The maximum absolute atomic E-state index is 12.0. The summed E-state index contributed by atoms with van der Waals surface area (Å²) in [7, 11) is -2.98. The van der Waals surface area contributed by atoms with E-state index in [1.54, 1.807) is 11.0 Å². The van der Waals surface area contributed by atoms with E-state index in [-0.39, 0.29) is 17.5 Å². The fourth-order valence-corrected chi connectivity index (χ4v) is 5.57. The van der Waals surface area contributed by atoms with Crippen LogP contribution >= 0.6 is 12.2 Å². The van der Waals surface area contributed by atoms with Gasteiger partial charge in [0.15, 0.2) is 9.84 Å². The van der Waals surface area contributed by atoms with Crippen molar-refractivity contribution < 1.29 is 8.42 Å². The fourth-order valence-electron chi connectivity index (χ4n) is 3.55. The molecule has 28 heavy (non-hydrogen) atoms. The van der Waals surface area contributed by atoms with Crippen molar-refractivity contribution in [1.29, 1.82) is 0 Å². The molecule has 4 rings (SSSR count). The molecule has 2 heterocycles. The lowest BCUT2D eigenvalue weighted by Crippen LogP contribution is -2.37. The lowest BCUT2D eigenvalue weighted by atomic mass is 10.1. The van der Waals surface area contributed by atoms with Crippen LogP contribution in [0.3, 0.4) is 0 Å². The molecule has 0 amide bonds. The molecular formula is C20H22N4O2S2. The Morgan fingerprint density at radius 1 is 1.07 bits per heavy atom. The van der Waals surface area contributed by atoms with Gasteiger partial charge in [-0.15, -0.1) is 0 Å². The topological polar surface area (TPSA) is 60.1 Å². The first-order chi connectivity index (χ1) is 13.5. The Bertz CT molecular complexity index is 1090. The normalized spacial score (nSPS) is 18.5. The van der Waals surface area contributed by atoms with Crippen molar-refractivity contribution >= 4 is 22.1 Å². The number of hydrogen-bond donors (Lipinski definition) is 0. The average Bonchev–Trinajstić information content (AvgIpc) is 3.25. The van der Waals surface area contributed by atoms with Gasteiger partial charge in [-0.05, 0) is 36.3 Å². The van der Waals surface area contributed by atoms with Gasteiger partial charge >= 0.3 is 0 Å². The van der Waals surface area contributed by atoms with Gasteiger partial charge in [-0.2, -0.15) is 5.10 Å². The van der Waals surface area contributed by atoms with Gasteiger partial charge < -0.3 is 0 Å². The molecule has 0 bridgehead atoms. The highest BCUT2D eigenvalue weighted by Gasteiger charge is 2.32. The molecule has 0 spiro atoms. The summed E-state index contributed by atoms with van der Waals surface area (Å²) in [5.41, 5.74) is 2.10. The average molecular weight is 415 g/mol. The zero-order valence-corrected chi connectivity index (χ0v) is 17.0. The second-order valence-electron chi connectivity index (χ2n) is 7.05. The molecule has 146 valence electrons. The van der Waals surface area contributed by atoms with Crippen LogP contribution in [0.25, 0.3) is 5.69 Å². The Balaban J connectivity index is 1.61. The highest BCUT2D eigenvalue weighted by Crippen LogP contribution is 2.21. The fraction of sp³-hybridized carbons (Fsp3) is 0.300. The summed E-state index contributed by atoms with van der Waals surface area (Å²) in [5.74, 6) is 0.430. The van der Waals surface area contributed by atoms with Crippen LogP contribution in [0.1, 0.15) is 12.0 Å². The summed E-state index contributed by atoms with van der Waals surface area (Å²) < 4.78 is 28.3. The lowest BCUT2D eigenvalue weighted by Gasteiger charge is -2.27. The third kappa shape index (κ3) is 4.24. The van der Waals surface area contributed by atoms with Crippen LogP contribution in [-0.2, 0) is 23.1 Å². The standard InChI is InChI=1S/C20H22N4O2S2/c25-28(26)12-11-19(14-28)22(13-17-7-3-1-4-8-17)16-24-20(27)23(15-21-24)18-9-5-2-6-10-18/h1-10,15,19H,11-14,16H2/t19-/m1/s1. The number of benzene rings is 2. The molecule has 1 aliphatic heterocycles. The summed E-state index contributed by atoms with van der Waals surface area (Å²) in [6.45, 7) is 1.11. The van der Waals surface area contributed by atoms with Gasteiger partial charge in [0.1, 0.15) is 6.33 Å². The summed E-state index contributed by atoms with van der Waals surface area (Å²) in [6, 6.07) is 19.9. The molecule has 8 heteroatoms. The predicted octanol–water partition coefficient (Wildman–Crippen LogP) is 3.05. The zero-order valence-electron chi connectivity index (χ0n) is 15.4. The molecule has 1 atom stereocenters. The molecular weight excluding hydrogens is 392 g/mol. The third-order valence-electron chi connectivity index (χ3n) is 5.04. The number of aromatic nitrogens is 3. The van der Waals surface area contributed by atoms with Crippen LogP contribution in [-0.4, -0.2) is 45.2 Å². The predicted molar refractivity (Wildman–Crippen MR) is 111 cm³/mol. The van der Waals surface area contributed by atoms with Gasteiger partial charge in [0, 0.05) is 18.3 Å². The molecule has 6 nitrogen and oxygen atoms in total. The minimum absolute atomic E-state index is 0.0334. The first-order valence-electron chi connectivity index (χ1n) is 9.20. The van der Waals surface area contributed by atoms with Gasteiger partial charge in [0.05, 0.1) is 18.2 Å². The van der Waals surface area contributed by atoms with E-state index < -0.39 is 9.84 Å². The minimum Gasteiger partial charge on any atom is -0.276 e. The van der Waals surface area contributed by atoms with Gasteiger partial charge in [-0.25, -0.2) is 13.1 Å². The highest BCUT2D eigenvalue weighted by molar-refractivity contribution is 7.91. The quantitative estimate of drug-likeness (QED) is 0.580. The SMILES string of the molecule is O=S1(=O)CC[C@@H](N(Cc2ccccc2)Cn2ncn(-c3ccccc3)c2=S)C1. The van der Waals surface area contributed by atoms with E-state index in [0.29, 0.717) is 24.4 Å². The highest BCUT2D eigenvalue weighted by atomic mass is 32.2. The van der Waals surface area contributed by atoms with Crippen LogP contribution in [0.5, 0.6) is 0 Å². The minimum atomic E-state index is -2.98. The molecule has 0 unspecified atom stereocenters. The number of sulfone groups is 1. The monoisotopic (exact) mass is 414 g/mol. The van der Waals surface area contributed by atoms with E-state index in [0.717, 1.165) is 11.3 Å². The van der Waals surface area contributed by atoms with Gasteiger partial charge in [0.25, 0.3) is 0 Å². The van der Waals surface area contributed by atoms with Crippen molar-refractivity contribution in [3.63, 3.8) is 0 Å². The zero-order chi connectivity index (χ0) is 19.6. The van der Waals surface area contributed by atoms with Gasteiger partial charge in [0.2, 0.25) is 4.77 Å². The Kier molecular flexibility index (Phi) is 5.43. The summed E-state index contributed by atoms with van der Waals surface area (Å²) in [6.07, 6.45) is 2.35. The number of para-hydroxylation sites is 1. The first kappa shape index (κ1) is 19.0. The molecule has 0 saturated carbocycles. The molecule has 0 N–H and O–H groups in total. The van der Waals surface area contributed by atoms with E-state index >= 15 is 0 Å².